The first-order chi connectivity index (χ1) is 16.0. The number of anilines is 1. The number of carbonyl (C=O) groups is 1. The Balaban J connectivity index is 1.46. The third kappa shape index (κ3) is 5.73. The lowest BCUT2D eigenvalue weighted by atomic mass is 9.89. The quantitative estimate of drug-likeness (QED) is 0.535. The lowest BCUT2D eigenvalue weighted by molar-refractivity contribution is 0.0600. The van der Waals surface area contributed by atoms with E-state index in [0.29, 0.717) is 17.4 Å². The number of methoxy groups -OCH3 is 1. The summed E-state index contributed by atoms with van der Waals surface area (Å²) >= 11 is 0. The summed E-state index contributed by atoms with van der Waals surface area (Å²) in [7, 11) is 1.40. The van der Waals surface area contributed by atoms with Gasteiger partial charge in [-0.15, -0.1) is 0 Å². The summed E-state index contributed by atoms with van der Waals surface area (Å²) in [5, 5.41) is 3.34. The SMILES string of the molecule is COC(=O)c1ccc(CN2CCC(c3nc(NC(C)C)ncc3-c3cccnc3)CC2)cc1. The molecule has 1 aliphatic heterocycles. The van der Waals surface area contributed by atoms with Gasteiger partial charge >= 0.3 is 5.97 Å². The number of aromatic nitrogens is 3. The van der Waals surface area contributed by atoms with Crippen molar-refractivity contribution in [1.29, 1.82) is 0 Å². The van der Waals surface area contributed by atoms with Crippen LogP contribution in [0.25, 0.3) is 11.1 Å². The van der Waals surface area contributed by atoms with Gasteiger partial charge in [0.15, 0.2) is 0 Å². The highest BCUT2D eigenvalue weighted by Crippen LogP contribution is 2.34. The molecule has 0 atom stereocenters. The van der Waals surface area contributed by atoms with Crippen LogP contribution in [0.4, 0.5) is 5.95 Å². The number of hydrogen-bond acceptors (Lipinski definition) is 7. The fourth-order valence-corrected chi connectivity index (χ4v) is 4.27. The van der Waals surface area contributed by atoms with Gasteiger partial charge in [-0.2, -0.15) is 0 Å². The van der Waals surface area contributed by atoms with E-state index >= 15 is 0 Å². The number of benzene rings is 1. The van der Waals surface area contributed by atoms with Crippen LogP contribution in [0.1, 0.15) is 54.2 Å². The maximum atomic E-state index is 11.6. The van der Waals surface area contributed by atoms with E-state index in [9.17, 15) is 4.79 Å². The first-order valence-corrected chi connectivity index (χ1v) is 11.5. The molecule has 0 unspecified atom stereocenters. The molecule has 1 N–H and O–H groups in total. The molecule has 3 aromatic rings. The van der Waals surface area contributed by atoms with Gasteiger partial charge in [-0.05, 0) is 63.5 Å². The third-order valence-corrected chi connectivity index (χ3v) is 5.96. The zero-order valence-corrected chi connectivity index (χ0v) is 19.5. The smallest absolute Gasteiger partial charge is 0.337 e. The molecule has 1 aromatic carbocycles. The maximum Gasteiger partial charge on any atom is 0.337 e. The van der Waals surface area contributed by atoms with Crippen LogP contribution in [0.2, 0.25) is 0 Å². The minimum Gasteiger partial charge on any atom is -0.465 e. The van der Waals surface area contributed by atoms with E-state index in [1.807, 2.05) is 42.7 Å². The minimum absolute atomic E-state index is 0.273. The summed E-state index contributed by atoms with van der Waals surface area (Å²) in [4.78, 5) is 27.9. The zero-order chi connectivity index (χ0) is 23.2. The average Bonchev–Trinajstić information content (AvgIpc) is 2.84. The number of hydrogen-bond donors (Lipinski definition) is 1. The van der Waals surface area contributed by atoms with Gasteiger partial charge in [0.1, 0.15) is 0 Å². The Hall–Kier alpha value is -3.32. The fourth-order valence-electron chi connectivity index (χ4n) is 4.27. The number of likely N-dealkylation sites (tertiary alicyclic amines) is 1. The molecule has 0 spiro atoms. The summed E-state index contributed by atoms with van der Waals surface area (Å²) in [6, 6.07) is 12.0. The van der Waals surface area contributed by atoms with Gasteiger partial charge in [0, 0.05) is 48.2 Å². The number of piperidine rings is 1. The second kappa shape index (κ2) is 10.5. The zero-order valence-electron chi connectivity index (χ0n) is 19.5. The van der Waals surface area contributed by atoms with Crippen molar-refractivity contribution in [3.8, 4) is 11.1 Å². The normalized spacial score (nSPS) is 14.9. The first kappa shape index (κ1) is 22.9. The summed E-state index contributed by atoms with van der Waals surface area (Å²) in [5.41, 5.74) is 4.99. The number of esters is 1. The molecule has 1 saturated heterocycles. The molecule has 0 amide bonds. The Morgan fingerprint density at radius 2 is 1.91 bits per heavy atom. The van der Waals surface area contributed by atoms with Gasteiger partial charge in [-0.1, -0.05) is 18.2 Å². The van der Waals surface area contributed by atoms with Crippen LogP contribution in [-0.4, -0.2) is 52.1 Å². The van der Waals surface area contributed by atoms with Crippen molar-refractivity contribution in [2.75, 3.05) is 25.5 Å². The van der Waals surface area contributed by atoms with Crippen molar-refractivity contribution >= 4 is 11.9 Å². The Morgan fingerprint density at radius 3 is 2.55 bits per heavy atom. The molecular weight excluding hydrogens is 414 g/mol. The molecule has 7 heteroatoms. The molecule has 0 radical (unpaired) electrons. The molecule has 2 aromatic heterocycles. The highest BCUT2D eigenvalue weighted by Gasteiger charge is 2.25. The molecule has 33 heavy (non-hydrogen) atoms. The van der Waals surface area contributed by atoms with Crippen LogP contribution >= 0.6 is 0 Å². The Morgan fingerprint density at radius 1 is 1.15 bits per heavy atom. The number of carbonyl (C=O) groups excluding carboxylic acids is 1. The maximum absolute atomic E-state index is 11.6. The van der Waals surface area contributed by atoms with E-state index in [1.54, 1.807) is 6.20 Å². The molecular formula is C26H31N5O2. The Labute approximate surface area is 195 Å². The van der Waals surface area contributed by atoms with Crippen LogP contribution in [0, 0.1) is 0 Å². The van der Waals surface area contributed by atoms with Crippen LogP contribution in [0.5, 0.6) is 0 Å². The number of pyridine rings is 1. The predicted molar refractivity (Wildman–Crippen MR) is 129 cm³/mol. The van der Waals surface area contributed by atoms with Crippen molar-refractivity contribution < 1.29 is 9.53 Å². The molecule has 1 aliphatic rings. The van der Waals surface area contributed by atoms with Crippen molar-refractivity contribution in [2.24, 2.45) is 0 Å². The molecule has 1 fully saturated rings. The minimum atomic E-state index is -0.303. The molecule has 0 bridgehead atoms. The fraction of sp³-hybridized carbons (Fsp3) is 0.385. The van der Waals surface area contributed by atoms with Gasteiger partial charge < -0.3 is 10.1 Å². The van der Waals surface area contributed by atoms with E-state index < -0.39 is 0 Å². The molecule has 172 valence electrons. The van der Waals surface area contributed by atoms with Crippen molar-refractivity contribution in [2.45, 2.75) is 45.2 Å². The highest BCUT2D eigenvalue weighted by atomic mass is 16.5. The summed E-state index contributed by atoms with van der Waals surface area (Å²) in [6.07, 6.45) is 7.66. The third-order valence-electron chi connectivity index (χ3n) is 5.96. The second-order valence-corrected chi connectivity index (χ2v) is 8.77. The summed E-state index contributed by atoms with van der Waals surface area (Å²) in [5.74, 6) is 0.748. The second-order valence-electron chi connectivity index (χ2n) is 8.77. The number of ether oxygens (including phenoxy) is 1. The highest BCUT2D eigenvalue weighted by molar-refractivity contribution is 5.89. The Bertz CT molecular complexity index is 1060. The molecule has 4 rings (SSSR count). The summed E-state index contributed by atoms with van der Waals surface area (Å²) in [6.45, 7) is 7.04. The molecule has 3 heterocycles. The molecule has 7 nitrogen and oxygen atoms in total. The van der Waals surface area contributed by atoms with Gasteiger partial charge in [-0.3, -0.25) is 9.88 Å². The standard InChI is InChI=1S/C26H31N5O2/c1-18(2)29-26-28-16-23(22-5-4-12-27-15-22)24(30-26)20-10-13-31(14-11-20)17-19-6-8-21(9-7-19)25(32)33-3/h4-9,12,15-16,18,20H,10-11,13-14,17H2,1-3H3,(H,28,29,30). The van der Waals surface area contributed by atoms with Crippen LogP contribution < -0.4 is 5.32 Å². The lowest BCUT2D eigenvalue weighted by Gasteiger charge is -2.32. The largest absolute Gasteiger partial charge is 0.465 e. The Kier molecular flexibility index (Phi) is 7.29. The molecule has 0 saturated carbocycles. The number of nitrogens with zero attached hydrogens (tertiary/aromatic N) is 4. The van der Waals surface area contributed by atoms with Crippen LogP contribution in [0.3, 0.4) is 0 Å². The van der Waals surface area contributed by atoms with E-state index in [2.05, 4.69) is 40.1 Å². The van der Waals surface area contributed by atoms with E-state index in [4.69, 9.17) is 9.72 Å². The van der Waals surface area contributed by atoms with Crippen molar-refractivity contribution in [1.82, 2.24) is 19.9 Å². The van der Waals surface area contributed by atoms with Gasteiger partial charge in [0.05, 0.1) is 18.4 Å². The van der Waals surface area contributed by atoms with Crippen molar-refractivity contribution in [3.63, 3.8) is 0 Å². The summed E-state index contributed by atoms with van der Waals surface area (Å²) < 4.78 is 4.78. The lowest BCUT2D eigenvalue weighted by Crippen LogP contribution is -2.33. The van der Waals surface area contributed by atoms with Gasteiger partial charge in [-0.25, -0.2) is 14.8 Å². The van der Waals surface area contributed by atoms with E-state index in [0.717, 1.165) is 49.3 Å². The monoisotopic (exact) mass is 445 g/mol. The van der Waals surface area contributed by atoms with Crippen molar-refractivity contribution in [3.05, 3.63) is 71.8 Å². The number of rotatable bonds is 7. The predicted octanol–water partition coefficient (Wildman–Crippen LogP) is 4.53. The van der Waals surface area contributed by atoms with E-state index in [1.165, 1.54) is 12.7 Å². The average molecular weight is 446 g/mol. The molecule has 0 aliphatic carbocycles. The topological polar surface area (TPSA) is 80.2 Å². The van der Waals surface area contributed by atoms with Crippen LogP contribution in [0.15, 0.2) is 55.0 Å². The first-order valence-electron chi connectivity index (χ1n) is 11.5. The van der Waals surface area contributed by atoms with Gasteiger partial charge in [0.2, 0.25) is 5.95 Å². The number of nitrogens with one attached hydrogen (secondary N) is 1. The van der Waals surface area contributed by atoms with Crippen LogP contribution in [-0.2, 0) is 11.3 Å². The van der Waals surface area contributed by atoms with E-state index in [-0.39, 0.29) is 12.0 Å². The van der Waals surface area contributed by atoms with Gasteiger partial charge in [0.25, 0.3) is 0 Å².